The molecule has 0 aliphatic rings. The van der Waals surface area contributed by atoms with Crippen LogP contribution in [0.3, 0.4) is 0 Å². The molecular formula is C23H16N4O2. The van der Waals surface area contributed by atoms with Crippen LogP contribution in [0.2, 0.25) is 0 Å². The minimum Gasteiger partial charge on any atom is -0.415 e. The fraction of sp³-hybridized carbons (Fsp3) is 0.0435. The van der Waals surface area contributed by atoms with Crippen molar-refractivity contribution >= 4 is 10.8 Å². The Bertz CT molecular complexity index is 1340. The van der Waals surface area contributed by atoms with Crippen molar-refractivity contribution in [3.8, 4) is 23.0 Å². The fourth-order valence-corrected chi connectivity index (χ4v) is 3.27. The van der Waals surface area contributed by atoms with E-state index in [-0.39, 0.29) is 11.4 Å². The predicted octanol–water partition coefficient (Wildman–Crippen LogP) is 4.16. The van der Waals surface area contributed by atoms with Crippen LogP contribution >= 0.6 is 0 Å². The van der Waals surface area contributed by atoms with Gasteiger partial charge in [0.25, 0.3) is 11.4 Å². The summed E-state index contributed by atoms with van der Waals surface area (Å²) in [5.41, 5.74) is 2.15. The summed E-state index contributed by atoms with van der Waals surface area (Å²) in [5.74, 6) is 0.689. The summed E-state index contributed by atoms with van der Waals surface area (Å²) in [7, 11) is 0. The van der Waals surface area contributed by atoms with E-state index in [1.165, 1.54) is 4.68 Å². The molecule has 29 heavy (non-hydrogen) atoms. The van der Waals surface area contributed by atoms with Crippen LogP contribution in [0.4, 0.5) is 0 Å². The second kappa shape index (κ2) is 7.16. The minimum atomic E-state index is -0.156. The lowest BCUT2D eigenvalue weighted by Crippen LogP contribution is -2.24. The Labute approximate surface area is 166 Å². The molecule has 0 radical (unpaired) electrons. The van der Waals surface area contributed by atoms with Gasteiger partial charge in [-0.25, -0.2) is 4.68 Å². The first kappa shape index (κ1) is 17.1. The Balaban J connectivity index is 1.66. The van der Waals surface area contributed by atoms with E-state index in [1.807, 2.05) is 78.9 Å². The molecule has 5 rings (SSSR count). The monoisotopic (exact) mass is 380 g/mol. The zero-order valence-corrected chi connectivity index (χ0v) is 15.4. The Morgan fingerprint density at radius 3 is 2.10 bits per heavy atom. The molecule has 0 bridgehead atoms. The molecule has 0 aliphatic heterocycles. The van der Waals surface area contributed by atoms with Gasteiger partial charge in [0.15, 0.2) is 5.69 Å². The molecule has 2 aromatic heterocycles. The topological polar surface area (TPSA) is 73.8 Å². The third kappa shape index (κ3) is 3.21. The first-order chi connectivity index (χ1) is 14.3. The highest BCUT2D eigenvalue weighted by Crippen LogP contribution is 2.26. The van der Waals surface area contributed by atoms with Crippen molar-refractivity contribution in [3.63, 3.8) is 0 Å². The Hall–Kier alpha value is -4.06. The maximum Gasteiger partial charge on any atom is 0.274 e. The van der Waals surface area contributed by atoms with Crippen molar-refractivity contribution in [1.82, 2.24) is 20.0 Å². The van der Waals surface area contributed by atoms with Gasteiger partial charge in [0.1, 0.15) is 0 Å². The SMILES string of the molecule is O=c1c2ccccc2c(-c2nnc(-c3ccccc3)o2)nn1Cc1ccccc1. The van der Waals surface area contributed by atoms with E-state index in [4.69, 9.17) is 4.42 Å². The van der Waals surface area contributed by atoms with Crippen LogP contribution in [-0.2, 0) is 6.54 Å². The van der Waals surface area contributed by atoms with Crippen molar-refractivity contribution in [3.05, 3.63) is 101 Å². The normalized spacial score (nSPS) is 11.0. The lowest BCUT2D eigenvalue weighted by atomic mass is 10.1. The van der Waals surface area contributed by atoms with E-state index in [9.17, 15) is 4.79 Å². The summed E-state index contributed by atoms with van der Waals surface area (Å²) in [6, 6.07) is 26.6. The maximum atomic E-state index is 13.0. The van der Waals surface area contributed by atoms with Gasteiger partial charge in [0.05, 0.1) is 11.9 Å². The van der Waals surface area contributed by atoms with E-state index in [0.717, 1.165) is 11.1 Å². The van der Waals surface area contributed by atoms with Gasteiger partial charge in [-0.2, -0.15) is 5.10 Å². The fourth-order valence-electron chi connectivity index (χ4n) is 3.27. The maximum absolute atomic E-state index is 13.0. The number of hydrogen-bond acceptors (Lipinski definition) is 5. The van der Waals surface area contributed by atoms with Gasteiger partial charge in [0, 0.05) is 10.9 Å². The summed E-state index contributed by atoms with van der Waals surface area (Å²) in [6.07, 6.45) is 0. The lowest BCUT2D eigenvalue weighted by molar-refractivity contribution is 0.573. The summed E-state index contributed by atoms with van der Waals surface area (Å²) >= 11 is 0. The molecule has 0 N–H and O–H groups in total. The molecule has 0 fully saturated rings. The number of aromatic nitrogens is 4. The van der Waals surface area contributed by atoms with Crippen molar-refractivity contribution in [2.75, 3.05) is 0 Å². The Morgan fingerprint density at radius 1 is 0.724 bits per heavy atom. The van der Waals surface area contributed by atoms with Crippen molar-refractivity contribution in [2.45, 2.75) is 6.54 Å². The molecule has 0 amide bonds. The molecule has 0 aliphatic carbocycles. The molecule has 0 saturated carbocycles. The van der Waals surface area contributed by atoms with Crippen LogP contribution in [0, 0.1) is 0 Å². The number of benzene rings is 3. The minimum absolute atomic E-state index is 0.156. The first-order valence-electron chi connectivity index (χ1n) is 9.23. The molecule has 5 aromatic rings. The summed E-state index contributed by atoms with van der Waals surface area (Å²) in [6.45, 7) is 0.358. The first-order valence-corrected chi connectivity index (χ1v) is 9.23. The van der Waals surface area contributed by atoms with E-state index >= 15 is 0 Å². The number of hydrogen-bond donors (Lipinski definition) is 0. The van der Waals surface area contributed by atoms with Gasteiger partial charge in [-0.05, 0) is 23.8 Å². The van der Waals surface area contributed by atoms with Crippen LogP contribution in [0.25, 0.3) is 33.8 Å². The third-order valence-electron chi connectivity index (χ3n) is 4.69. The van der Waals surface area contributed by atoms with Gasteiger partial charge in [-0.3, -0.25) is 4.79 Å². The number of nitrogens with zero attached hydrogens (tertiary/aromatic N) is 4. The predicted molar refractivity (Wildman–Crippen MR) is 110 cm³/mol. The lowest BCUT2D eigenvalue weighted by Gasteiger charge is -2.09. The molecule has 0 spiro atoms. The van der Waals surface area contributed by atoms with Crippen LogP contribution in [-0.4, -0.2) is 20.0 Å². The van der Waals surface area contributed by atoms with E-state index in [1.54, 1.807) is 6.07 Å². The van der Waals surface area contributed by atoms with Crippen LogP contribution in [0.15, 0.2) is 94.1 Å². The zero-order chi connectivity index (χ0) is 19.6. The molecule has 140 valence electrons. The molecule has 3 aromatic carbocycles. The highest BCUT2D eigenvalue weighted by atomic mass is 16.4. The van der Waals surface area contributed by atoms with Gasteiger partial charge in [0.2, 0.25) is 5.89 Å². The number of rotatable bonds is 4. The van der Waals surface area contributed by atoms with E-state index in [2.05, 4.69) is 15.3 Å². The standard InChI is InChI=1S/C23H16N4O2/c28-23-19-14-8-7-13-18(19)20(26-27(23)15-16-9-3-1-4-10-16)22-25-24-21(29-22)17-11-5-2-6-12-17/h1-14H,15H2. The summed E-state index contributed by atoms with van der Waals surface area (Å²) in [5, 5.41) is 14.2. The van der Waals surface area contributed by atoms with Gasteiger partial charge >= 0.3 is 0 Å². The summed E-state index contributed by atoms with van der Waals surface area (Å²) in [4.78, 5) is 13.0. The molecule has 6 heteroatoms. The van der Waals surface area contributed by atoms with Gasteiger partial charge in [-0.1, -0.05) is 66.7 Å². The van der Waals surface area contributed by atoms with Gasteiger partial charge in [-0.15, -0.1) is 10.2 Å². The molecule has 0 saturated heterocycles. The molecular weight excluding hydrogens is 364 g/mol. The van der Waals surface area contributed by atoms with Crippen LogP contribution in [0.1, 0.15) is 5.56 Å². The van der Waals surface area contributed by atoms with Gasteiger partial charge < -0.3 is 4.42 Å². The highest BCUT2D eigenvalue weighted by Gasteiger charge is 2.18. The molecule has 2 heterocycles. The van der Waals surface area contributed by atoms with E-state index in [0.29, 0.717) is 28.9 Å². The van der Waals surface area contributed by atoms with Crippen LogP contribution in [0.5, 0.6) is 0 Å². The smallest absolute Gasteiger partial charge is 0.274 e. The second-order valence-electron chi connectivity index (χ2n) is 6.62. The van der Waals surface area contributed by atoms with Crippen molar-refractivity contribution in [2.24, 2.45) is 0 Å². The van der Waals surface area contributed by atoms with Crippen molar-refractivity contribution < 1.29 is 4.42 Å². The average Bonchev–Trinajstić information content (AvgIpc) is 3.27. The summed E-state index contributed by atoms with van der Waals surface area (Å²) < 4.78 is 7.35. The largest absolute Gasteiger partial charge is 0.415 e. The Morgan fingerprint density at radius 2 is 1.34 bits per heavy atom. The molecule has 0 unspecified atom stereocenters. The second-order valence-corrected chi connectivity index (χ2v) is 6.62. The number of fused-ring (bicyclic) bond motifs is 1. The molecule has 6 nitrogen and oxygen atoms in total. The third-order valence-corrected chi connectivity index (χ3v) is 4.69. The highest BCUT2D eigenvalue weighted by molar-refractivity contribution is 5.91. The van der Waals surface area contributed by atoms with Crippen LogP contribution < -0.4 is 5.56 Å². The average molecular weight is 380 g/mol. The quantitative estimate of drug-likeness (QED) is 0.468. The Kier molecular flexibility index (Phi) is 4.22. The zero-order valence-electron chi connectivity index (χ0n) is 15.4. The van der Waals surface area contributed by atoms with Crippen molar-refractivity contribution in [1.29, 1.82) is 0 Å². The molecule has 0 atom stereocenters. The van der Waals surface area contributed by atoms with E-state index < -0.39 is 0 Å².